The number of nitrogens with zero attached hydrogens (tertiary/aromatic N) is 2. The highest BCUT2D eigenvalue weighted by molar-refractivity contribution is 9.10. The lowest BCUT2D eigenvalue weighted by atomic mass is 10.1. The number of aromatic nitrogens is 2. The highest BCUT2D eigenvalue weighted by atomic mass is 79.9. The molecule has 102 valence electrons. The fourth-order valence-electron chi connectivity index (χ4n) is 2.46. The van der Waals surface area contributed by atoms with Gasteiger partial charge in [-0.1, -0.05) is 0 Å². The normalized spacial score (nSPS) is 19.4. The molecule has 0 spiro atoms. The summed E-state index contributed by atoms with van der Waals surface area (Å²) in [6, 6.07) is 3.21. The molecule has 1 unspecified atom stereocenters. The summed E-state index contributed by atoms with van der Waals surface area (Å²) in [5.41, 5.74) is 1.56. The zero-order valence-electron chi connectivity index (χ0n) is 10.2. The predicted molar refractivity (Wildman–Crippen MR) is 75.9 cm³/mol. The first kappa shape index (κ1) is 13.3. The maximum absolute atomic E-state index is 13.7. The largest absolute Gasteiger partial charge is 0.381 e. The first-order valence-corrected chi connectivity index (χ1v) is 7.49. The van der Waals surface area contributed by atoms with E-state index in [4.69, 9.17) is 16.3 Å². The van der Waals surface area contributed by atoms with Crippen LogP contribution in [0.4, 0.5) is 4.39 Å². The van der Waals surface area contributed by atoms with E-state index in [9.17, 15) is 4.39 Å². The number of alkyl halides is 1. The number of hydrogen-bond donors (Lipinski definition) is 0. The third-order valence-electron chi connectivity index (χ3n) is 3.45. The Morgan fingerprint density at radius 2 is 2.37 bits per heavy atom. The molecular formula is C13H13BrClFN2O. The van der Waals surface area contributed by atoms with Crippen molar-refractivity contribution in [2.75, 3.05) is 13.2 Å². The van der Waals surface area contributed by atoms with Gasteiger partial charge in [-0.3, -0.25) is 0 Å². The fourth-order valence-corrected chi connectivity index (χ4v) is 3.00. The number of fused-ring (bicyclic) bond motifs is 1. The van der Waals surface area contributed by atoms with E-state index in [0.29, 0.717) is 16.3 Å². The van der Waals surface area contributed by atoms with Gasteiger partial charge in [0.15, 0.2) is 0 Å². The summed E-state index contributed by atoms with van der Waals surface area (Å²) in [4.78, 5) is 4.47. The molecule has 3 nitrogen and oxygen atoms in total. The lowest BCUT2D eigenvalue weighted by Gasteiger charge is -2.12. The second-order valence-electron chi connectivity index (χ2n) is 4.76. The van der Waals surface area contributed by atoms with Crippen LogP contribution >= 0.6 is 27.5 Å². The minimum absolute atomic E-state index is 0.280. The third-order valence-corrected chi connectivity index (χ3v) is 4.30. The standard InChI is InChI=1S/C13H13BrClFN2O/c14-9-3-11-12(4-10(9)16)18(13(5-15)17-11)6-8-1-2-19-7-8/h3-4,8H,1-2,5-7H2. The summed E-state index contributed by atoms with van der Waals surface area (Å²) < 4.78 is 21.5. The van der Waals surface area contributed by atoms with Crippen molar-refractivity contribution in [1.29, 1.82) is 0 Å². The van der Waals surface area contributed by atoms with Crippen molar-refractivity contribution in [3.05, 3.63) is 28.2 Å². The van der Waals surface area contributed by atoms with E-state index >= 15 is 0 Å². The number of benzene rings is 1. The van der Waals surface area contributed by atoms with Crippen molar-refractivity contribution in [3.8, 4) is 0 Å². The lowest BCUT2D eigenvalue weighted by Crippen LogP contribution is -2.12. The van der Waals surface area contributed by atoms with Gasteiger partial charge in [0.2, 0.25) is 0 Å². The number of halogens is 3. The number of ether oxygens (including phenoxy) is 1. The summed E-state index contributed by atoms with van der Waals surface area (Å²) in [5, 5.41) is 0. The molecule has 2 heterocycles. The van der Waals surface area contributed by atoms with Crippen molar-refractivity contribution in [2.45, 2.75) is 18.8 Å². The Bertz CT molecular complexity index is 610. The maximum atomic E-state index is 13.7. The molecule has 0 N–H and O–H groups in total. The molecule has 3 rings (SSSR count). The van der Waals surface area contributed by atoms with Crippen LogP contribution in [0.1, 0.15) is 12.2 Å². The summed E-state index contributed by atoms with van der Waals surface area (Å²) in [7, 11) is 0. The molecule has 1 aliphatic heterocycles. The van der Waals surface area contributed by atoms with Crippen molar-refractivity contribution in [3.63, 3.8) is 0 Å². The van der Waals surface area contributed by atoms with Crippen molar-refractivity contribution in [1.82, 2.24) is 9.55 Å². The Morgan fingerprint density at radius 3 is 3.05 bits per heavy atom. The molecule has 0 aliphatic carbocycles. The SMILES string of the molecule is Fc1cc2c(cc1Br)nc(CCl)n2CC1CCOC1. The lowest BCUT2D eigenvalue weighted by molar-refractivity contribution is 0.182. The molecule has 0 radical (unpaired) electrons. The average Bonchev–Trinajstić information content (AvgIpc) is 3.00. The van der Waals surface area contributed by atoms with Gasteiger partial charge in [0.05, 0.1) is 28.0 Å². The highest BCUT2D eigenvalue weighted by Gasteiger charge is 2.20. The van der Waals surface area contributed by atoms with E-state index in [0.717, 1.165) is 43.0 Å². The molecule has 1 aromatic carbocycles. The van der Waals surface area contributed by atoms with Crippen molar-refractivity contribution >= 4 is 38.6 Å². The quantitative estimate of drug-likeness (QED) is 0.791. The first-order valence-electron chi connectivity index (χ1n) is 6.17. The van der Waals surface area contributed by atoms with Crippen LogP contribution in [0.15, 0.2) is 16.6 Å². The van der Waals surface area contributed by atoms with Gasteiger partial charge >= 0.3 is 0 Å². The van der Waals surface area contributed by atoms with Gasteiger partial charge in [0, 0.05) is 25.1 Å². The first-order chi connectivity index (χ1) is 9.19. The molecule has 0 bridgehead atoms. The summed E-state index contributed by atoms with van der Waals surface area (Å²) in [5.74, 6) is 1.27. The molecule has 19 heavy (non-hydrogen) atoms. The van der Waals surface area contributed by atoms with E-state index in [2.05, 4.69) is 20.9 Å². The molecule has 0 amide bonds. The minimum atomic E-state index is -0.280. The van der Waals surface area contributed by atoms with Gasteiger partial charge in [-0.15, -0.1) is 11.6 Å². The van der Waals surface area contributed by atoms with Crippen LogP contribution in [-0.4, -0.2) is 22.8 Å². The van der Waals surface area contributed by atoms with Gasteiger partial charge in [0.1, 0.15) is 11.6 Å². The van der Waals surface area contributed by atoms with E-state index in [-0.39, 0.29) is 5.82 Å². The summed E-state index contributed by atoms with van der Waals surface area (Å²) >= 11 is 9.13. The maximum Gasteiger partial charge on any atom is 0.139 e. The Morgan fingerprint density at radius 1 is 1.53 bits per heavy atom. The van der Waals surface area contributed by atoms with Gasteiger partial charge in [-0.25, -0.2) is 9.37 Å². The summed E-state index contributed by atoms with van der Waals surface area (Å²) in [6.07, 6.45) is 1.03. The predicted octanol–water partition coefficient (Wildman–Crippen LogP) is 3.71. The van der Waals surface area contributed by atoms with Crippen molar-refractivity contribution < 1.29 is 9.13 Å². The minimum Gasteiger partial charge on any atom is -0.381 e. The molecule has 2 aromatic rings. The van der Waals surface area contributed by atoms with Crippen LogP contribution in [0.3, 0.4) is 0 Å². The molecule has 6 heteroatoms. The smallest absolute Gasteiger partial charge is 0.139 e. The molecule has 0 saturated carbocycles. The van der Waals surface area contributed by atoms with Crippen LogP contribution in [0.2, 0.25) is 0 Å². The molecular weight excluding hydrogens is 335 g/mol. The van der Waals surface area contributed by atoms with Crippen LogP contribution < -0.4 is 0 Å². The van der Waals surface area contributed by atoms with E-state index in [1.807, 2.05) is 4.57 Å². The van der Waals surface area contributed by atoms with Crippen LogP contribution in [-0.2, 0) is 17.2 Å². The second kappa shape index (κ2) is 5.38. The zero-order valence-corrected chi connectivity index (χ0v) is 12.5. The Kier molecular flexibility index (Phi) is 3.78. The molecule has 1 aromatic heterocycles. The number of imidazole rings is 1. The molecule has 1 aliphatic rings. The van der Waals surface area contributed by atoms with Crippen LogP contribution in [0, 0.1) is 11.7 Å². The Balaban J connectivity index is 2.06. The molecule has 1 saturated heterocycles. The van der Waals surface area contributed by atoms with Gasteiger partial charge in [0.25, 0.3) is 0 Å². The third kappa shape index (κ3) is 2.51. The number of hydrogen-bond acceptors (Lipinski definition) is 2. The molecule has 1 fully saturated rings. The van der Waals surface area contributed by atoms with Gasteiger partial charge in [-0.05, 0) is 28.4 Å². The van der Waals surface area contributed by atoms with E-state index < -0.39 is 0 Å². The molecule has 1 atom stereocenters. The monoisotopic (exact) mass is 346 g/mol. The van der Waals surface area contributed by atoms with Gasteiger partial charge < -0.3 is 9.30 Å². The Labute approximate surface area is 123 Å². The number of rotatable bonds is 3. The van der Waals surface area contributed by atoms with Crippen molar-refractivity contribution in [2.24, 2.45) is 5.92 Å². The van der Waals surface area contributed by atoms with E-state index in [1.54, 1.807) is 6.07 Å². The second-order valence-corrected chi connectivity index (χ2v) is 5.88. The van der Waals surface area contributed by atoms with E-state index in [1.165, 1.54) is 6.07 Å². The fraction of sp³-hybridized carbons (Fsp3) is 0.462. The zero-order chi connectivity index (χ0) is 13.4. The Hall–Kier alpha value is -0.650. The topological polar surface area (TPSA) is 27.1 Å². The van der Waals surface area contributed by atoms with Gasteiger partial charge in [-0.2, -0.15) is 0 Å². The van der Waals surface area contributed by atoms with Crippen LogP contribution in [0.25, 0.3) is 11.0 Å². The average molecular weight is 348 g/mol. The summed E-state index contributed by atoms with van der Waals surface area (Å²) in [6.45, 7) is 2.33. The van der Waals surface area contributed by atoms with Crippen LogP contribution in [0.5, 0.6) is 0 Å². The highest BCUT2D eigenvalue weighted by Crippen LogP contribution is 2.26.